The molecule has 6 nitrogen and oxygen atoms in total. The van der Waals surface area contributed by atoms with Crippen molar-refractivity contribution >= 4 is 72.4 Å². The second-order valence-corrected chi connectivity index (χ2v) is 8.52. The van der Waals surface area contributed by atoms with E-state index in [2.05, 4.69) is 47.5 Å². The minimum atomic E-state index is -1.03. The van der Waals surface area contributed by atoms with Crippen molar-refractivity contribution in [1.82, 2.24) is 10.3 Å². The molecule has 162 valence electrons. The first-order chi connectivity index (χ1) is 15.2. The van der Waals surface area contributed by atoms with Crippen molar-refractivity contribution in [2.75, 3.05) is 5.32 Å². The first-order valence-corrected chi connectivity index (χ1v) is 10.9. The molecule has 1 heterocycles. The van der Waals surface area contributed by atoms with Crippen LogP contribution in [0.15, 0.2) is 51.5 Å². The normalized spacial score (nSPS) is 10.2. The SMILES string of the molecule is N#Cc1cnc(Oc2c(Br)cc(NC(=S)NC(=O)c3c(F)cccc3F)cc2Br)c(Cl)c1. The number of hydrogen-bond donors (Lipinski definition) is 2. The Kier molecular flexibility index (Phi) is 7.73. The van der Waals surface area contributed by atoms with Gasteiger partial charge < -0.3 is 10.1 Å². The number of carbonyl (C=O) groups excluding carboxylic acids is 1. The van der Waals surface area contributed by atoms with Gasteiger partial charge in [-0.2, -0.15) is 5.26 Å². The molecule has 0 atom stereocenters. The zero-order valence-corrected chi connectivity index (χ0v) is 20.3. The lowest BCUT2D eigenvalue weighted by Gasteiger charge is -2.14. The first kappa shape index (κ1) is 24.0. The number of rotatable bonds is 4. The quantitative estimate of drug-likeness (QED) is 0.340. The first-order valence-electron chi connectivity index (χ1n) is 8.48. The molecule has 32 heavy (non-hydrogen) atoms. The van der Waals surface area contributed by atoms with Crippen molar-refractivity contribution in [3.05, 3.63) is 79.3 Å². The molecule has 0 radical (unpaired) electrons. The molecule has 0 aliphatic rings. The molecule has 0 aliphatic heterocycles. The highest BCUT2D eigenvalue weighted by atomic mass is 79.9. The second-order valence-electron chi connectivity index (χ2n) is 6.00. The highest BCUT2D eigenvalue weighted by molar-refractivity contribution is 9.11. The van der Waals surface area contributed by atoms with Crippen molar-refractivity contribution < 1.29 is 18.3 Å². The molecule has 0 spiro atoms. The Labute approximate surface area is 207 Å². The van der Waals surface area contributed by atoms with Gasteiger partial charge in [0.2, 0.25) is 5.88 Å². The Balaban J connectivity index is 1.74. The van der Waals surface area contributed by atoms with Gasteiger partial charge in [0, 0.05) is 11.9 Å². The molecular formula is C20H9Br2ClF2N4O2S. The summed E-state index contributed by atoms with van der Waals surface area (Å²) in [7, 11) is 0. The summed E-state index contributed by atoms with van der Waals surface area (Å²) >= 11 is 17.9. The minimum absolute atomic E-state index is 0.0856. The third kappa shape index (κ3) is 5.58. The van der Waals surface area contributed by atoms with Gasteiger partial charge >= 0.3 is 0 Å². The van der Waals surface area contributed by atoms with Gasteiger partial charge in [0.1, 0.15) is 28.3 Å². The molecule has 1 amide bonds. The average molecular weight is 603 g/mol. The Hall–Kier alpha value is -2.65. The average Bonchev–Trinajstić information content (AvgIpc) is 2.71. The zero-order chi connectivity index (χ0) is 23.4. The van der Waals surface area contributed by atoms with Crippen LogP contribution >= 0.6 is 55.7 Å². The van der Waals surface area contributed by atoms with Gasteiger partial charge in [-0.15, -0.1) is 0 Å². The van der Waals surface area contributed by atoms with Crippen LogP contribution in [-0.4, -0.2) is 16.0 Å². The number of carbonyl (C=O) groups is 1. The van der Waals surface area contributed by atoms with E-state index in [1.165, 1.54) is 12.3 Å². The van der Waals surface area contributed by atoms with E-state index in [1.54, 1.807) is 12.1 Å². The monoisotopic (exact) mass is 600 g/mol. The number of hydrogen-bond acceptors (Lipinski definition) is 5. The Bertz CT molecular complexity index is 1240. The van der Waals surface area contributed by atoms with Gasteiger partial charge in [-0.3, -0.25) is 10.1 Å². The van der Waals surface area contributed by atoms with E-state index >= 15 is 0 Å². The predicted octanol–water partition coefficient (Wildman–Crippen LogP) is 6.33. The van der Waals surface area contributed by atoms with Gasteiger partial charge in [-0.1, -0.05) is 17.7 Å². The van der Waals surface area contributed by atoms with E-state index in [-0.39, 0.29) is 21.6 Å². The van der Waals surface area contributed by atoms with E-state index < -0.39 is 23.1 Å². The smallest absolute Gasteiger partial charge is 0.263 e. The maximum Gasteiger partial charge on any atom is 0.263 e. The molecule has 12 heteroatoms. The zero-order valence-electron chi connectivity index (χ0n) is 15.6. The molecule has 0 aliphatic carbocycles. The van der Waals surface area contributed by atoms with Gasteiger partial charge in [-0.25, -0.2) is 13.8 Å². The Morgan fingerprint density at radius 3 is 2.38 bits per heavy atom. The molecule has 3 rings (SSSR count). The summed E-state index contributed by atoms with van der Waals surface area (Å²) in [4.78, 5) is 16.2. The highest BCUT2D eigenvalue weighted by Crippen LogP contribution is 2.40. The van der Waals surface area contributed by atoms with Crippen molar-refractivity contribution in [3.8, 4) is 17.7 Å². The van der Waals surface area contributed by atoms with Crippen LogP contribution in [0.4, 0.5) is 14.5 Å². The van der Waals surface area contributed by atoms with Crippen LogP contribution in [0, 0.1) is 23.0 Å². The minimum Gasteiger partial charge on any atom is -0.435 e. The molecule has 2 aromatic carbocycles. The Morgan fingerprint density at radius 2 is 1.81 bits per heavy atom. The summed E-state index contributed by atoms with van der Waals surface area (Å²) in [5, 5.41) is 13.8. The number of pyridine rings is 1. The maximum atomic E-state index is 13.8. The van der Waals surface area contributed by atoms with Crippen LogP contribution in [0.1, 0.15) is 15.9 Å². The number of amides is 1. The number of ether oxygens (including phenoxy) is 1. The molecule has 1 aromatic heterocycles. The number of nitrogens with zero attached hydrogens (tertiary/aromatic N) is 2. The fourth-order valence-corrected chi connectivity index (χ4v) is 4.19. The summed E-state index contributed by atoms with van der Waals surface area (Å²) in [6.07, 6.45) is 1.32. The van der Waals surface area contributed by atoms with Gasteiger partial charge in [0.25, 0.3) is 5.91 Å². The number of halogens is 5. The van der Waals surface area contributed by atoms with E-state index in [0.717, 1.165) is 18.2 Å². The van der Waals surface area contributed by atoms with E-state index in [9.17, 15) is 13.6 Å². The predicted molar refractivity (Wildman–Crippen MR) is 126 cm³/mol. The van der Waals surface area contributed by atoms with Gasteiger partial charge in [0.05, 0.1) is 14.5 Å². The lowest BCUT2D eigenvalue weighted by molar-refractivity contribution is 0.0969. The summed E-state index contributed by atoms with van der Waals surface area (Å²) in [6.45, 7) is 0. The van der Waals surface area contributed by atoms with E-state index in [1.807, 2.05) is 6.07 Å². The summed E-state index contributed by atoms with van der Waals surface area (Å²) in [6, 6.07) is 9.60. The fraction of sp³-hybridized carbons (Fsp3) is 0. The molecule has 0 saturated heterocycles. The molecule has 2 N–H and O–H groups in total. The number of anilines is 1. The van der Waals surface area contributed by atoms with Crippen LogP contribution < -0.4 is 15.4 Å². The summed E-state index contributed by atoms with van der Waals surface area (Å²) in [5.41, 5.74) is -0.0327. The second kappa shape index (κ2) is 10.3. The van der Waals surface area contributed by atoms with Crippen LogP contribution in [0.25, 0.3) is 0 Å². The van der Waals surface area contributed by atoms with E-state index in [4.69, 9.17) is 33.8 Å². The number of nitriles is 1. The third-order valence-corrected chi connectivity index (χ3v) is 5.46. The largest absolute Gasteiger partial charge is 0.435 e. The molecule has 0 unspecified atom stereocenters. The topological polar surface area (TPSA) is 87.0 Å². The molecule has 0 bridgehead atoms. The van der Waals surface area contributed by atoms with E-state index in [0.29, 0.717) is 20.4 Å². The third-order valence-electron chi connectivity index (χ3n) is 3.81. The lowest BCUT2D eigenvalue weighted by atomic mass is 10.2. The number of aromatic nitrogens is 1. The maximum absolute atomic E-state index is 13.8. The van der Waals surface area contributed by atoms with Crippen LogP contribution in [0.2, 0.25) is 5.02 Å². The van der Waals surface area contributed by atoms with Crippen LogP contribution in [0.5, 0.6) is 11.6 Å². The number of nitrogens with one attached hydrogen (secondary N) is 2. The Morgan fingerprint density at radius 1 is 1.19 bits per heavy atom. The molecular weight excluding hydrogens is 594 g/mol. The standard InChI is InChI=1S/C20H9Br2ClF2N4O2S/c21-11-5-10(28-20(32)29-18(30)16-14(24)2-1-3-15(16)25)6-12(22)17(11)31-19-13(23)4-9(7-26)8-27-19/h1-6,8H,(H2,28,29,30,32). The van der Waals surface area contributed by atoms with Crippen molar-refractivity contribution in [1.29, 1.82) is 5.26 Å². The molecule has 0 saturated carbocycles. The lowest BCUT2D eigenvalue weighted by Crippen LogP contribution is -2.35. The number of thiocarbonyl (C=S) groups is 1. The highest BCUT2D eigenvalue weighted by Gasteiger charge is 2.19. The number of benzene rings is 2. The fourth-order valence-electron chi connectivity index (χ4n) is 2.43. The van der Waals surface area contributed by atoms with Crippen LogP contribution in [-0.2, 0) is 0 Å². The molecule has 3 aromatic rings. The van der Waals surface area contributed by atoms with Crippen molar-refractivity contribution in [2.45, 2.75) is 0 Å². The van der Waals surface area contributed by atoms with Crippen molar-refractivity contribution in [2.24, 2.45) is 0 Å². The van der Waals surface area contributed by atoms with Gasteiger partial charge in [-0.05, 0) is 74.4 Å². The van der Waals surface area contributed by atoms with Crippen LogP contribution in [0.3, 0.4) is 0 Å². The van der Waals surface area contributed by atoms with Crippen molar-refractivity contribution in [3.63, 3.8) is 0 Å². The summed E-state index contributed by atoms with van der Waals surface area (Å²) < 4.78 is 34.2. The molecule has 0 fully saturated rings. The summed E-state index contributed by atoms with van der Waals surface area (Å²) in [5.74, 6) is -2.63. The van der Waals surface area contributed by atoms with Gasteiger partial charge in [0.15, 0.2) is 10.9 Å².